The average Bonchev–Trinajstić information content (AvgIpc) is 3.48. The van der Waals surface area contributed by atoms with Crippen LogP contribution in [0.1, 0.15) is 48.7 Å². The van der Waals surface area contributed by atoms with Gasteiger partial charge in [0.1, 0.15) is 0 Å². The van der Waals surface area contributed by atoms with E-state index in [0.717, 1.165) is 75.2 Å². The number of carbonyl (C=O) groups excluding carboxylic acids is 2. The Bertz CT molecular complexity index is 947. The summed E-state index contributed by atoms with van der Waals surface area (Å²) in [5, 5.41) is 1.76. The number of benzene rings is 1. The van der Waals surface area contributed by atoms with Crippen molar-refractivity contribution in [1.29, 1.82) is 0 Å². The van der Waals surface area contributed by atoms with E-state index in [4.69, 9.17) is 4.74 Å². The molecule has 0 bridgehead atoms. The zero-order chi connectivity index (χ0) is 24.5. The smallest absolute Gasteiger partial charge is 0.357 e. The van der Waals surface area contributed by atoms with Crippen LogP contribution in [0.5, 0.6) is 0 Å². The maximum absolute atomic E-state index is 12.6. The number of hydrogen-bond acceptors (Lipinski definition) is 8. The van der Waals surface area contributed by atoms with Gasteiger partial charge in [-0.05, 0) is 18.4 Å². The second-order valence-electron chi connectivity index (χ2n) is 9.18. The standard InChI is InChI=1S/C26H36N4O3S2/c1-2-3-16-33-25(32)23-20-35-26(27-23)34-17-15-30-22(9-10-24(30)31)19-29-13-11-28(12-14-29)18-21-7-5-4-6-8-21/h4-8,20,22H,2-3,9-19H2,1H3/t22-/m1/s1. The largest absolute Gasteiger partial charge is 0.461 e. The van der Waals surface area contributed by atoms with E-state index in [1.54, 1.807) is 17.1 Å². The molecule has 0 N–H and O–H groups in total. The summed E-state index contributed by atoms with van der Waals surface area (Å²) in [7, 11) is 0. The third-order valence-corrected chi connectivity index (χ3v) is 8.62. The van der Waals surface area contributed by atoms with Gasteiger partial charge in [-0.25, -0.2) is 9.78 Å². The fourth-order valence-electron chi connectivity index (χ4n) is 4.59. The number of likely N-dealkylation sites (tertiary alicyclic amines) is 1. The molecule has 7 nitrogen and oxygen atoms in total. The molecule has 0 unspecified atom stereocenters. The van der Waals surface area contributed by atoms with Crippen molar-refractivity contribution in [2.45, 2.75) is 49.5 Å². The van der Waals surface area contributed by atoms with Crippen LogP contribution >= 0.6 is 23.1 Å². The van der Waals surface area contributed by atoms with Gasteiger partial charge in [-0.15, -0.1) is 11.3 Å². The molecule has 2 aliphatic heterocycles. The van der Waals surface area contributed by atoms with Crippen LogP contribution in [0.4, 0.5) is 0 Å². The van der Waals surface area contributed by atoms with Crippen molar-refractivity contribution in [1.82, 2.24) is 19.7 Å². The Labute approximate surface area is 216 Å². The molecule has 2 fully saturated rings. The highest BCUT2D eigenvalue weighted by molar-refractivity contribution is 8.01. The number of unbranched alkanes of at least 4 members (excludes halogenated alkanes) is 1. The Morgan fingerprint density at radius 1 is 1.17 bits per heavy atom. The van der Waals surface area contributed by atoms with E-state index in [-0.39, 0.29) is 11.9 Å². The van der Waals surface area contributed by atoms with Gasteiger partial charge in [0.15, 0.2) is 10.0 Å². The molecule has 1 amide bonds. The number of esters is 1. The first-order valence-corrected chi connectivity index (χ1v) is 14.5. The number of thioether (sulfide) groups is 1. The minimum Gasteiger partial charge on any atom is -0.461 e. The summed E-state index contributed by atoms with van der Waals surface area (Å²) in [5.74, 6) is 0.697. The summed E-state index contributed by atoms with van der Waals surface area (Å²) >= 11 is 3.08. The quantitative estimate of drug-likeness (QED) is 0.240. The average molecular weight is 517 g/mol. The van der Waals surface area contributed by atoms with E-state index in [1.165, 1.54) is 16.9 Å². The van der Waals surface area contributed by atoms with Crippen molar-refractivity contribution in [3.63, 3.8) is 0 Å². The third-order valence-electron chi connectivity index (χ3n) is 6.62. The molecule has 0 spiro atoms. The first-order valence-electron chi connectivity index (χ1n) is 12.7. The minimum absolute atomic E-state index is 0.262. The molecule has 1 aromatic heterocycles. The number of nitrogens with zero attached hydrogens (tertiary/aromatic N) is 4. The number of thiazole rings is 1. The second kappa shape index (κ2) is 13.4. The first kappa shape index (κ1) is 26.1. The summed E-state index contributed by atoms with van der Waals surface area (Å²) in [4.78, 5) is 36.1. The van der Waals surface area contributed by atoms with Gasteiger partial charge in [0, 0.05) is 69.4 Å². The molecule has 9 heteroatoms. The van der Waals surface area contributed by atoms with E-state index in [2.05, 4.69) is 56.9 Å². The van der Waals surface area contributed by atoms with Gasteiger partial charge in [0.05, 0.1) is 6.61 Å². The highest BCUT2D eigenvalue weighted by Gasteiger charge is 2.32. The lowest BCUT2D eigenvalue weighted by Crippen LogP contribution is -2.50. The molecule has 2 aliphatic rings. The van der Waals surface area contributed by atoms with E-state index in [1.807, 2.05) is 0 Å². The molecular formula is C26H36N4O3S2. The number of amides is 1. The Hall–Kier alpha value is -1.94. The van der Waals surface area contributed by atoms with Crippen molar-refractivity contribution < 1.29 is 14.3 Å². The third kappa shape index (κ3) is 7.77. The molecule has 0 radical (unpaired) electrons. The lowest BCUT2D eigenvalue weighted by atomic mass is 10.1. The van der Waals surface area contributed by atoms with Crippen molar-refractivity contribution in [3.05, 3.63) is 47.0 Å². The van der Waals surface area contributed by atoms with Crippen molar-refractivity contribution in [2.75, 3.05) is 51.6 Å². The Kier molecular flexibility index (Phi) is 10.00. The van der Waals surface area contributed by atoms with Crippen molar-refractivity contribution in [3.8, 4) is 0 Å². The molecule has 1 atom stereocenters. The molecule has 1 aromatic carbocycles. The molecule has 190 valence electrons. The molecule has 0 saturated carbocycles. The lowest BCUT2D eigenvalue weighted by molar-refractivity contribution is -0.128. The molecule has 2 saturated heterocycles. The second-order valence-corrected chi connectivity index (χ2v) is 11.4. The van der Waals surface area contributed by atoms with Gasteiger partial charge in [-0.1, -0.05) is 55.4 Å². The zero-order valence-electron chi connectivity index (χ0n) is 20.6. The molecular weight excluding hydrogens is 480 g/mol. The van der Waals surface area contributed by atoms with Crippen LogP contribution in [-0.4, -0.2) is 89.2 Å². The normalized spacial score (nSPS) is 19.4. The van der Waals surface area contributed by atoms with Gasteiger partial charge >= 0.3 is 5.97 Å². The van der Waals surface area contributed by atoms with Crippen molar-refractivity contribution in [2.24, 2.45) is 0 Å². The highest BCUT2D eigenvalue weighted by Crippen LogP contribution is 2.26. The molecule has 0 aliphatic carbocycles. The van der Waals surface area contributed by atoms with Crippen molar-refractivity contribution >= 4 is 35.0 Å². The number of piperazine rings is 1. The Morgan fingerprint density at radius 2 is 1.94 bits per heavy atom. The fourth-order valence-corrected chi connectivity index (χ4v) is 6.40. The number of ether oxygens (including phenoxy) is 1. The Balaban J connectivity index is 1.18. The van der Waals surface area contributed by atoms with Crippen LogP contribution in [0, 0.1) is 0 Å². The Morgan fingerprint density at radius 3 is 2.71 bits per heavy atom. The van der Waals surface area contributed by atoms with E-state index < -0.39 is 0 Å². The number of rotatable bonds is 12. The zero-order valence-corrected chi connectivity index (χ0v) is 22.2. The maximum atomic E-state index is 12.6. The summed E-state index contributed by atoms with van der Waals surface area (Å²) in [6, 6.07) is 11.0. The van der Waals surface area contributed by atoms with E-state index in [9.17, 15) is 9.59 Å². The highest BCUT2D eigenvalue weighted by atomic mass is 32.2. The maximum Gasteiger partial charge on any atom is 0.357 e. The van der Waals surface area contributed by atoms with Crippen LogP contribution in [0.3, 0.4) is 0 Å². The molecule has 4 rings (SSSR count). The predicted octanol–water partition coefficient (Wildman–Crippen LogP) is 4.00. The lowest BCUT2D eigenvalue weighted by Gasteiger charge is -2.37. The number of hydrogen-bond donors (Lipinski definition) is 0. The van der Waals surface area contributed by atoms with Crippen LogP contribution in [0.15, 0.2) is 40.1 Å². The van der Waals surface area contributed by atoms with E-state index in [0.29, 0.717) is 24.8 Å². The fraction of sp³-hybridized carbons (Fsp3) is 0.577. The molecule has 3 heterocycles. The van der Waals surface area contributed by atoms with Crippen LogP contribution < -0.4 is 0 Å². The molecule has 35 heavy (non-hydrogen) atoms. The SMILES string of the molecule is CCCCOC(=O)c1csc(SCCN2C(=O)CC[C@@H]2CN2CCN(Cc3ccccc3)CC2)n1. The van der Waals surface area contributed by atoms with Gasteiger partial charge in [-0.3, -0.25) is 14.6 Å². The summed E-state index contributed by atoms with van der Waals surface area (Å²) in [5.41, 5.74) is 1.75. The van der Waals surface area contributed by atoms with E-state index >= 15 is 0 Å². The predicted molar refractivity (Wildman–Crippen MR) is 141 cm³/mol. The van der Waals surface area contributed by atoms with Crippen LogP contribution in [-0.2, 0) is 16.1 Å². The van der Waals surface area contributed by atoms with Gasteiger partial charge < -0.3 is 9.64 Å². The first-order chi connectivity index (χ1) is 17.1. The number of carbonyl (C=O) groups is 2. The van der Waals surface area contributed by atoms with Gasteiger partial charge in [0.25, 0.3) is 0 Å². The van der Waals surface area contributed by atoms with Crippen LogP contribution in [0.25, 0.3) is 0 Å². The minimum atomic E-state index is -0.347. The van der Waals surface area contributed by atoms with Gasteiger partial charge in [-0.2, -0.15) is 0 Å². The van der Waals surface area contributed by atoms with Crippen LogP contribution in [0.2, 0.25) is 0 Å². The number of aromatic nitrogens is 1. The summed E-state index contributed by atoms with van der Waals surface area (Å²) in [6.07, 6.45) is 3.45. The molecule has 2 aromatic rings. The topological polar surface area (TPSA) is 66.0 Å². The van der Waals surface area contributed by atoms with Gasteiger partial charge in [0.2, 0.25) is 5.91 Å². The monoisotopic (exact) mass is 516 g/mol. The summed E-state index contributed by atoms with van der Waals surface area (Å²) in [6.45, 7) is 9.43. The summed E-state index contributed by atoms with van der Waals surface area (Å²) < 4.78 is 6.09.